The van der Waals surface area contributed by atoms with Crippen LogP contribution >= 0.6 is 0 Å². The van der Waals surface area contributed by atoms with Crippen LogP contribution in [0.15, 0.2) is 84.9 Å². The molecule has 0 saturated carbocycles. The highest BCUT2D eigenvalue weighted by atomic mass is 16.5. The molecule has 31 heavy (non-hydrogen) atoms. The van der Waals surface area contributed by atoms with E-state index in [9.17, 15) is 4.79 Å². The van der Waals surface area contributed by atoms with Crippen LogP contribution in [0.5, 0.6) is 5.75 Å². The fraction of sp³-hybridized carbons (Fsp3) is 0.148. The number of benzene rings is 4. The van der Waals surface area contributed by atoms with E-state index in [-0.39, 0.29) is 5.97 Å². The largest absolute Gasteiger partial charge is 0.486 e. The molecule has 0 aliphatic heterocycles. The van der Waals surface area contributed by atoms with E-state index in [1.165, 1.54) is 12.5 Å². The molecule has 0 fully saturated rings. The summed E-state index contributed by atoms with van der Waals surface area (Å²) in [7, 11) is 1.40. The molecular weight excluding hydrogens is 386 g/mol. The van der Waals surface area contributed by atoms with Gasteiger partial charge in [0.25, 0.3) is 0 Å². The Morgan fingerprint density at radius 2 is 1.58 bits per heavy atom. The Morgan fingerprint density at radius 3 is 2.35 bits per heavy atom. The number of rotatable bonds is 7. The number of hydrogen-bond donors (Lipinski definition) is 1. The molecule has 0 amide bonds. The zero-order valence-electron chi connectivity index (χ0n) is 17.5. The molecule has 4 rings (SSSR count). The molecular formula is C27H25NO3. The van der Waals surface area contributed by atoms with E-state index < -0.39 is 0 Å². The second-order valence-electron chi connectivity index (χ2n) is 7.47. The minimum Gasteiger partial charge on any atom is -0.486 e. The predicted octanol–water partition coefficient (Wildman–Crippen LogP) is 5.77. The number of nitrogens with two attached hydrogens (primary N) is 1. The van der Waals surface area contributed by atoms with Crippen molar-refractivity contribution < 1.29 is 14.3 Å². The van der Waals surface area contributed by atoms with Crippen LogP contribution < -0.4 is 10.5 Å². The van der Waals surface area contributed by atoms with Crippen molar-refractivity contribution in [3.63, 3.8) is 0 Å². The lowest BCUT2D eigenvalue weighted by molar-refractivity contribution is -0.140. The molecule has 0 spiro atoms. The maximum Gasteiger partial charge on any atom is 0.305 e. The number of aryl methyl sites for hydroxylation is 1. The second-order valence-corrected chi connectivity index (χ2v) is 7.47. The van der Waals surface area contributed by atoms with E-state index in [4.69, 9.17) is 15.2 Å². The first kappa shape index (κ1) is 20.5. The number of nitrogen functional groups attached to an aromatic ring is 1. The highest BCUT2D eigenvalue weighted by Crippen LogP contribution is 2.38. The van der Waals surface area contributed by atoms with Crippen molar-refractivity contribution in [2.24, 2.45) is 0 Å². The third kappa shape index (κ3) is 4.86. The summed E-state index contributed by atoms with van der Waals surface area (Å²) in [6.45, 7) is 0.424. The molecule has 2 N–H and O–H groups in total. The van der Waals surface area contributed by atoms with Crippen molar-refractivity contribution in [1.29, 1.82) is 0 Å². The van der Waals surface area contributed by atoms with Gasteiger partial charge in [0.05, 0.1) is 12.8 Å². The molecule has 4 heteroatoms. The average Bonchev–Trinajstić information content (AvgIpc) is 2.81. The highest BCUT2D eigenvalue weighted by Gasteiger charge is 2.14. The number of fused-ring (bicyclic) bond motifs is 1. The first-order valence-electron chi connectivity index (χ1n) is 10.3. The quantitative estimate of drug-likeness (QED) is 0.310. The van der Waals surface area contributed by atoms with E-state index in [0.29, 0.717) is 30.9 Å². The van der Waals surface area contributed by atoms with Crippen molar-refractivity contribution in [2.45, 2.75) is 19.4 Å². The van der Waals surface area contributed by atoms with Crippen LogP contribution in [0.1, 0.15) is 17.5 Å². The monoisotopic (exact) mass is 411 g/mol. The van der Waals surface area contributed by atoms with Crippen LogP contribution in [0.4, 0.5) is 5.69 Å². The maximum atomic E-state index is 11.6. The second kappa shape index (κ2) is 9.35. The lowest BCUT2D eigenvalue weighted by atomic mass is 9.96. The smallest absolute Gasteiger partial charge is 0.305 e. The number of methoxy groups -OCH3 is 1. The number of carbonyl (C=O) groups is 1. The van der Waals surface area contributed by atoms with Gasteiger partial charge in [-0.2, -0.15) is 0 Å². The molecule has 0 bridgehead atoms. The van der Waals surface area contributed by atoms with Crippen LogP contribution in [-0.2, 0) is 22.6 Å². The summed E-state index contributed by atoms with van der Waals surface area (Å²) in [6.07, 6.45) is 0.855. The molecule has 4 aromatic rings. The number of ether oxygens (including phenoxy) is 2. The number of hydrogen-bond acceptors (Lipinski definition) is 4. The molecule has 4 nitrogen and oxygen atoms in total. The van der Waals surface area contributed by atoms with Crippen LogP contribution in [0.2, 0.25) is 0 Å². The number of esters is 1. The summed E-state index contributed by atoms with van der Waals surface area (Å²) in [4.78, 5) is 11.6. The molecule has 156 valence electrons. The third-order valence-corrected chi connectivity index (χ3v) is 5.31. The molecule has 0 heterocycles. The lowest BCUT2D eigenvalue weighted by Crippen LogP contribution is -2.04. The first-order chi connectivity index (χ1) is 15.1. The summed E-state index contributed by atoms with van der Waals surface area (Å²) in [6, 6.07) is 28.5. The molecule has 0 saturated heterocycles. The number of carbonyl (C=O) groups excluding carboxylic acids is 1. The van der Waals surface area contributed by atoms with Crippen molar-refractivity contribution in [3.05, 3.63) is 96.1 Å². The van der Waals surface area contributed by atoms with E-state index in [0.717, 1.165) is 27.6 Å². The Bertz CT molecular complexity index is 1200. The van der Waals surface area contributed by atoms with Gasteiger partial charge in [-0.3, -0.25) is 4.79 Å². The summed E-state index contributed by atoms with van der Waals surface area (Å²) in [5.41, 5.74) is 11.0. The van der Waals surface area contributed by atoms with Gasteiger partial charge in [-0.25, -0.2) is 0 Å². The fourth-order valence-electron chi connectivity index (χ4n) is 3.67. The van der Waals surface area contributed by atoms with Crippen molar-refractivity contribution >= 4 is 22.4 Å². The van der Waals surface area contributed by atoms with E-state index >= 15 is 0 Å². The zero-order chi connectivity index (χ0) is 21.6. The van der Waals surface area contributed by atoms with Crippen LogP contribution in [0, 0.1) is 0 Å². The Balaban J connectivity index is 1.73. The summed E-state index contributed by atoms with van der Waals surface area (Å²) >= 11 is 0. The Labute approximate surface area is 182 Å². The van der Waals surface area contributed by atoms with E-state index in [1.54, 1.807) is 0 Å². The third-order valence-electron chi connectivity index (χ3n) is 5.31. The molecule has 0 radical (unpaired) electrons. The fourth-order valence-corrected chi connectivity index (χ4v) is 3.67. The van der Waals surface area contributed by atoms with Crippen molar-refractivity contribution in [1.82, 2.24) is 0 Å². The van der Waals surface area contributed by atoms with Crippen LogP contribution in [0.25, 0.3) is 21.9 Å². The van der Waals surface area contributed by atoms with Gasteiger partial charge >= 0.3 is 5.97 Å². The first-order valence-corrected chi connectivity index (χ1v) is 10.3. The minimum atomic E-state index is -0.241. The molecule has 0 aliphatic rings. The van der Waals surface area contributed by atoms with Crippen LogP contribution in [-0.4, -0.2) is 13.1 Å². The molecule has 4 aromatic carbocycles. The van der Waals surface area contributed by atoms with E-state index in [2.05, 4.69) is 36.4 Å². The van der Waals surface area contributed by atoms with Crippen molar-refractivity contribution in [3.8, 4) is 16.9 Å². The van der Waals surface area contributed by atoms with Gasteiger partial charge < -0.3 is 15.2 Å². The van der Waals surface area contributed by atoms with Gasteiger partial charge in [0.1, 0.15) is 6.61 Å². The van der Waals surface area contributed by atoms with Gasteiger partial charge in [0.15, 0.2) is 5.75 Å². The van der Waals surface area contributed by atoms with E-state index in [1.807, 2.05) is 48.5 Å². The number of anilines is 1. The predicted molar refractivity (Wildman–Crippen MR) is 125 cm³/mol. The summed E-state index contributed by atoms with van der Waals surface area (Å²) in [5, 5.41) is 2.32. The standard InChI is InChI=1S/C27H25NO3/c1-30-26(29)14-11-20-15-24(23-13-12-21-9-5-6-10-22(21)17-23)27(25(28)16-20)31-18-19-7-3-2-4-8-19/h2-10,12-13,15-17H,11,14,18,28H2,1H3. The molecule has 0 unspecified atom stereocenters. The Hall–Kier alpha value is -3.79. The van der Waals surface area contributed by atoms with Gasteiger partial charge in [0, 0.05) is 12.0 Å². The maximum absolute atomic E-state index is 11.6. The lowest BCUT2D eigenvalue weighted by Gasteiger charge is -2.17. The SMILES string of the molecule is COC(=O)CCc1cc(N)c(OCc2ccccc2)c(-c2ccc3ccccc3c2)c1. The Kier molecular flexibility index (Phi) is 6.18. The zero-order valence-corrected chi connectivity index (χ0v) is 17.5. The summed E-state index contributed by atoms with van der Waals surface area (Å²) < 4.78 is 11.0. The molecule has 0 atom stereocenters. The van der Waals surface area contributed by atoms with Gasteiger partial charge in [-0.1, -0.05) is 66.7 Å². The average molecular weight is 412 g/mol. The molecule has 0 aliphatic carbocycles. The minimum absolute atomic E-state index is 0.241. The molecule has 0 aromatic heterocycles. The van der Waals surface area contributed by atoms with Gasteiger partial charge in [-0.05, 0) is 52.1 Å². The van der Waals surface area contributed by atoms with Crippen LogP contribution in [0.3, 0.4) is 0 Å². The highest BCUT2D eigenvalue weighted by molar-refractivity contribution is 5.89. The van der Waals surface area contributed by atoms with Gasteiger partial charge in [0.2, 0.25) is 0 Å². The normalized spacial score (nSPS) is 10.7. The van der Waals surface area contributed by atoms with Crippen molar-refractivity contribution in [2.75, 3.05) is 12.8 Å². The van der Waals surface area contributed by atoms with Gasteiger partial charge in [-0.15, -0.1) is 0 Å². The summed E-state index contributed by atoms with van der Waals surface area (Å²) in [5.74, 6) is 0.413. The topological polar surface area (TPSA) is 61.5 Å². The Morgan fingerprint density at radius 1 is 0.839 bits per heavy atom.